The van der Waals surface area contributed by atoms with Crippen LogP contribution in [0.5, 0.6) is 0 Å². The van der Waals surface area contributed by atoms with Crippen LogP contribution < -0.4 is 5.32 Å². The van der Waals surface area contributed by atoms with E-state index in [0.29, 0.717) is 11.8 Å². The van der Waals surface area contributed by atoms with Gasteiger partial charge in [-0.15, -0.1) is 0 Å². The summed E-state index contributed by atoms with van der Waals surface area (Å²) >= 11 is 0. The number of hydrogen-bond donors (Lipinski definition) is 1. The van der Waals surface area contributed by atoms with Crippen molar-refractivity contribution in [1.82, 2.24) is 0 Å². The summed E-state index contributed by atoms with van der Waals surface area (Å²) in [5.41, 5.74) is 0.491. The minimum atomic E-state index is -4.44. The number of esters is 1. The standard InChI is InChI=1S/C17H13F4NO3/c18-16(19)17(20,21)10-25-15(24)9-8-14(23)22-13-7-3-5-11-4-1-2-6-12(11)13/h1-9,16H,10H2,(H,22,23)/b9-8+. The molecule has 0 fully saturated rings. The Labute approximate surface area is 140 Å². The third kappa shape index (κ3) is 5.03. The van der Waals surface area contributed by atoms with Crippen LogP contribution in [0.3, 0.4) is 0 Å². The number of nitrogens with one attached hydrogen (secondary N) is 1. The molecule has 8 heteroatoms. The summed E-state index contributed by atoms with van der Waals surface area (Å²) in [6, 6.07) is 12.5. The Morgan fingerprint density at radius 1 is 1.08 bits per heavy atom. The molecule has 4 nitrogen and oxygen atoms in total. The summed E-state index contributed by atoms with van der Waals surface area (Å²) in [6.45, 7) is -1.77. The van der Waals surface area contributed by atoms with Crippen molar-refractivity contribution in [3.05, 3.63) is 54.6 Å². The van der Waals surface area contributed by atoms with E-state index in [1.165, 1.54) is 0 Å². The molecule has 0 aliphatic carbocycles. The van der Waals surface area contributed by atoms with Gasteiger partial charge in [-0.2, -0.15) is 8.78 Å². The van der Waals surface area contributed by atoms with Crippen LogP contribution >= 0.6 is 0 Å². The first-order chi connectivity index (χ1) is 11.8. The maximum absolute atomic E-state index is 12.6. The zero-order chi connectivity index (χ0) is 18.4. The highest BCUT2D eigenvalue weighted by atomic mass is 19.3. The SMILES string of the molecule is O=C(/C=C/C(=O)OCC(F)(F)C(F)F)Nc1cccc2ccccc12. The quantitative estimate of drug-likeness (QED) is 0.487. The number of fused-ring (bicyclic) bond motifs is 1. The largest absolute Gasteiger partial charge is 0.456 e. The second-order valence-corrected chi connectivity index (χ2v) is 5.02. The number of hydrogen-bond acceptors (Lipinski definition) is 3. The summed E-state index contributed by atoms with van der Waals surface area (Å²) in [7, 11) is 0. The van der Waals surface area contributed by atoms with E-state index in [1.807, 2.05) is 18.2 Å². The van der Waals surface area contributed by atoms with Crippen molar-refractivity contribution < 1.29 is 31.9 Å². The Morgan fingerprint density at radius 2 is 1.76 bits per heavy atom. The lowest BCUT2D eigenvalue weighted by molar-refractivity contribution is -0.176. The van der Waals surface area contributed by atoms with Gasteiger partial charge < -0.3 is 10.1 Å². The molecule has 0 spiro atoms. The molecular formula is C17H13F4NO3. The number of amides is 1. The number of rotatable bonds is 6. The van der Waals surface area contributed by atoms with Crippen molar-refractivity contribution in [3.63, 3.8) is 0 Å². The molecule has 0 atom stereocenters. The van der Waals surface area contributed by atoms with Gasteiger partial charge in [0.1, 0.15) is 0 Å². The lowest BCUT2D eigenvalue weighted by Gasteiger charge is -2.14. The van der Waals surface area contributed by atoms with Crippen LogP contribution in [0.15, 0.2) is 54.6 Å². The third-order valence-corrected chi connectivity index (χ3v) is 3.14. The van der Waals surface area contributed by atoms with Crippen molar-refractivity contribution in [1.29, 1.82) is 0 Å². The first kappa shape index (κ1) is 18.4. The number of alkyl halides is 4. The van der Waals surface area contributed by atoms with Gasteiger partial charge in [0.05, 0.1) is 0 Å². The van der Waals surface area contributed by atoms with Crippen molar-refractivity contribution in [3.8, 4) is 0 Å². The lowest BCUT2D eigenvalue weighted by atomic mass is 10.1. The maximum Gasteiger partial charge on any atom is 0.340 e. The van der Waals surface area contributed by atoms with E-state index in [-0.39, 0.29) is 0 Å². The van der Waals surface area contributed by atoms with Gasteiger partial charge in [0.15, 0.2) is 6.61 Å². The number of carbonyl (C=O) groups excluding carboxylic acids is 2. The Hall–Kier alpha value is -2.90. The van der Waals surface area contributed by atoms with Crippen LogP contribution in [0.4, 0.5) is 23.2 Å². The topological polar surface area (TPSA) is 55.4 Å². The molecule has 0 aromatic heterocycles. The summed E-state index contributed by atoms with van der Waals surface area (Å²) < 4.78 is 53.1. The maximum atomic E-state index is 12.6. The van der Waals surface area contributed by atoms with E-state index in [9.17, 15) is 27.2 Å². The minimum absolute atomic E-state index is 0.491. The van der Waals surface area contributed by atoms with E-state index in [0.717, 1.165) is 16.8 Å². The number of benzene rings is 2. The second-order valence-electron chi connectivity index (χ2n) is 5.02. The molecule has 1 N–H and O–H groups in total. The molecule has 1 amide bonds. The lowest BCUT2D eigenvalue weighted by Crippen LogP contribution is -2.33. The van der Waals surface area contributed by atoms with Gasteiger partial charge in [-0.1, -0.05) is 36.4 Å². The molecule has 0 radical (unpaired) electrons. The Balaban J connectivity index is 1.95. The molecule has 2 aromatic carbocycles. The highest BCUT2D eigenvalue weighted by Crippen LogP contribution is 2.23. The van der Waals surface area contributed by atoms with Gasteiger partial charge >= 0.3 is 18.3 Å². The predicted octanol–water partition coefficient (Wildman–Crippen LogP) is 3.78. The molecule has 2 rings (SSSR count). The van der Waals surface area contributed by atoms with Crippen molar-refractivity contribution in [2.45, 2.75) is 12.3 Å². The molecule has 0 saturated heterocycles. The van der Waals surface area contributed by atoms with Crippen LogP contribution in [-0.4, -0.2) is 30.8 Å². The number of ether oxygens (including phenoxy) is 1. The Kier molecular flexibility index (Phi) is 5.74. The first-order valence-electron chi connectivity index (χ1n) is 7.09. The van der Waals surface area contributed by atoms with Gasteiger partial charge in [-0.25, -0.2) is 13.6 Å². The summed E-state index contributed by atoms with van der Waals surface area (Å²) in [5, 5.41) is 4.19. The first-order valence-corrected chi connectivity index (χ1v) is 7.09. The van der Waals surface area contributed by atoms with Crippen LogP contribution in [0.25, 0.3) is 10.8 Å². The number of anilines is 1. The van der Waals surface area contributed by atoms with Crippen LogP contribution in [0.1, 0.15) is 0 Å². The smallest absolute Gasteiger partial charge is 0.340 e. The zero-order valence-corrected chi connectivity index (χ0v) is 12.7. The number of carbonyl (C=O) groups is 2. The summed E-state index contributed by atoms with van der Waals surface area (Å²) in [6.07, 6.45) is -2.59. The van der Waals surface area contributed by atoms with E-state index < -0.39 is 30.8 Å². The molecule has 0 aliphatic rings. The minimum Gasteiger partial charge on any atom is -0.456 e. The predicted molar refractivity (Wildman–Crippen MR) is 83.6 cm³/mol. The van der Waals surface area contributed by atoms with Gasteiger partial charge in [-0.05, 0) is 11.5 Å². The van der Waals surface area contributed by atoms with Gasteiger partial charge in [0, 0.05) is 23.2 Å². The van der Waals surface area contributed by atoms with Crippen LogP contribution in [0, 0.1) is 0 Å². The monoisotopic (exact) mass is 355 g/mol. The third-order valence-electron chi connectivity index (χ3n) is 3.14. The highest BCUT2D eigenvalue weighted by Gasteiger charge is 2.42. The summed E-state index contributed by atoms with van der Waals surface area (Å²) in [5.74, 6) is -6.46. The molecule has 2 aromatic rings. The Morgan fingerprint density at radius 3 is 2.48 bits per heavy atom. The molecule has 0 unspecified atom stereocenters. The van der Waals surface area contributed by atoms with Gasteiger partial charge in [0.25, 0.3) is 0 Å². The fourth-order valence-electron chi connectivity index (χ4n) is 1.93. The summed E-state index contributed by atoms with van der Waals surface area (Å²) in [4.78, 5) is 23.0. The van der Waals surface area contributed by atoms with Crippen molar-refractivity contribution in [2.24, 2.45) is 0 Å². The Bertz CT molecular complexity index is 800. The molecule has 0 bridgehead atoms. The number of halogens is 4. The zero-order valence-electron chi connectivity index (χ0n) is 12.7. The van der Waals surface area contributed by atoms with Crippen molar-refractivity contribution >= 4 is 28.3 Å². The molecule has 0 saturated carbocycles. The highest BCUT2D eigenvalue weighted by molar-refractivity contribution is 6.07. The molecule has 25 heavy (non-hydrogen) atoms. The average molecular weight is 355 g/mol. The fraction of sp³-hybridized carbons (Fsp3) is 0.176. The van der Waals surface area contributed by atoms with Gasteiger partial charge in [0.2, 0.25) is 5.91 Å². The van der Waals surface area contributed by atoms with Crippen LogP contribution in [0.2, 0.25) is 0 Å². The van der Waals surface area contributed by atoms with E-state index >= 15 is 0 Å². The van der Waals surface area contributed by atoms with E-state index in [1.54, 1.807) is 24.3 Å². The van der Waals surface area contributed by atoms with E-state index in [4.69, 9.17) is 0 Å². The van der Waals surface area contributed by atoms with Crippen LogP contribution in [-0.2, 0) is 14.3 Å². The van der Waals surface area contributed by atoms with Crippen molar-refractivity contribution in [2.75, 3.05) is 11.9 Å². The molecule has 0 heterocycles. The molecule has 132 valence electrons. The van der Waals surface area contributed by atoms with Gasteiger partial charge in [-0.3, -0.25) is 4.79 Å². The fourth-order valence-corrected chi connectivity index (χ4v) is 1.93. The normalized spacial score (nSPS) is 11.9. The average Bonchev–Trinajstić information content (AvgIpc) is 2.58. The molecular weight excluding hydrogens is 342 g/mol. The molecule has 0 aliphatic heterocycles. The second kappa shape index (κ2) is 7.78. The van der Waals surface area contributed by atoms with E-state index in [2.05, 4.69) is 10.1 Å².